The molecule has 0 radical (unpaired) electrons. The molecule has 0 bridgehead atoms. The number of carbonyl (C=O) groups excluding carboxylic acids is 1. The molecule has 134 valence electrons. The molecule has 2 aromatic carbocycles. The van der Waals surface area contributed by atoms with Crippen LogP contribution in [0, 0.1) is 6.92 Å². The zero-order valence-corrected chi connectivity index (χ0v) is 15.3. The van der Waals surface area contributed by atoms with Crippen LogP contribution in [-0.4, -0.2) is 22.0 Å². The molecule has 0 fully saturated rings. The third kappa shape index (κ3) is 3.08. The molecule has 0 atom stereocenters. The van der Waals surface area contributed by atoms with Crippen molar-refractivity contribution in [1.82, 2.24) is 0 Å². The smallest absolute Gasteiger partial charge is 0.295 e. The van der Waals surface area contributed by atoms with Crippen molar-refractivity contribution in [3.8, 4) is 11.5 Å². The number of carbonyl (C=O) groups is 1. The molecule has 26 heavy (non-hydrogen) atoms. The average Bonchev–Trinajstić information content (AvgIpc) is 2.83. The Balaban J connectivity index is 2.16. The van der Waals surface area contributed by atoms with Gasteiger partial charge in [0.2, 0.25) is 0 Å². The van der Waals surface area contributed by atoms with E-state index in [1.54, 1.807) is 48.2 Å². The summed E-state index contributed by atoms with van der Waals surface area (Å²) < 4.78 is 0. The first-order chi connectivity index (χ1) is 12.3. The number of para-hydroxylation sites is 1. The SMILES string of the molecule is CC1=NC(=O)/C(=C\c2ccccc2O)N1c1cc(C(C)C)c(O)cc1C. The molecule has 0 aromatic heterocycles. The van der Waals surface area contributed by atoms with Crippen molar-refractivity contribution in [3.63, 3.8) is 0 Å². The minimum atomic E-state index is -0.357. The first kappa shape index (κ1) is 17.7. The van der Waals surface area contributed by atoms with E-state index < -0.39 is 0 Å². The number of anilines is 1. The second-order valence-corrected chi connectivity index (χ2v) is 6.74. The minimum absolute atomic E-state index is 0.0996. The Morgan fingerprint density at radius 1 is 1.08 bits per heavy atom. The molecule has 0 spiro atoms. The van der Waals surface area contributed by atoms with Crippen LogP contribution >= 0.6 is 0 Å². The van der Waals surface area contributed by atoms with Gasteiger partial charge in [-0.25, -0.2) is 0 Å². The van der Waals surface area contributed by atoms with Crippen LogP contribution in [-0.2, 0) is 4.79 Å². The monoisotopic (exact) mass is 350 g/mol. The van der Waals surface area contributed by atoms with Gasteiger partial charge in [0.05, 0.1) is 5.69 Å². The van der Waals surface area contributed by atoms with Crippen molar-refractivity contribution in [2.45, 2.75) is 33.6 Å². The van der Waals surface area contributed by atoms with Gasteiger partial charge in [-0.2, -0.15) is 4.99 Å². The molecule has 1 aliphatic heterocycles. The van der Waals surface area contributed by atoms with Crippen molar-refractivity contribution < 1.29 is 15.0 Å². The number of phenolic OH excluding ortho intramolecular Hbond substituents is 2. The van der Waals surface area contributed by atoms with Crippen LogP contribution in [0.5, 0.6) is 11.5 Å². The standard InChI is InChI=1S/C21H22N2O3/c1-12(2)16-11-17(13(3)9-20(16)25)23-14(4)22-21(26)18(23)10-15-7-5-6-8-19(15)24/h5-12,24-25H,1-4H3/b18-10+. The van der Waals surface area contributed by atoms with Gasteiger partial charge in [-0.1, -0.05) is 32.0 Å². The molecule has 3 rings (SSSR count). The average molecular weight is 350 g/mol. The summed E-state index contributed by atoms with van der Waals surface area (Å²) in [7, 11) is 0. The van der Waals surface area contributed by atoms with Gasteiger partial charge in [0, 0.05) is 5.56 Å². The number of hydrogen-bond donors (Lipinski definition) is 2. The Morgan fingerprint density at radius 3 is 2.42 bits per heavy atom. The number of amides is 1. The lowest BCUT2D eigenvalue weighted by Crippen LogP contribution is -2.25. The molecule has 1 amide bonds. The Bertz CT molecular complexity index is 942. The Kier molecular flexibility index (Phi) is 4.55. The number of aryl methyl sites for hydroxylation is 1. The largest absolute Gasteiger partial charge is 0.508 e. The second kappa shape index (κ2) is 6.67. The normalized spacial score (nSPS) is 15.9. The van der Waals surface area contributed by atoms with Gasteiger partial charge >= 0.3 is 0 Å². The molecule has 0 saturated heterocycles. The molecule has 1 heterocycles. The molecule has 1 aliphatic rings. The first-order valence-corrected chi connectivity index (χ1v) is 8.52. The maximum atomic E-state index is 12.5. The molecule has 0 saturated carbocycles. The second-order valence-electron chi connectivity index (χ2n) is 6.74. The van der Waals surface area contributed by atoms with Crippen LogP contribution < -0.4 is 4.90 Å². The quantitative estimate of drug-likeness (QED) is 0.808. The predicted molar refractivity (Wildman–Crippen MR) is 104 cm³/mol. The summed E-state index contributed by atoms with van der Waals surface area (Å²) in [5.41, 5.74) is 3.35. The van der Waals surface area contributed by atoms with Gasteiger partial charge in [-0.05, 0) is 55.2 Å². The van der Waals surface area contributed by atoms with Gasteiger partial charge in [-0.3, -0.25) is 9.69 Å². The van der Waals surface area contributed by atoms with Crippen LogP contribution in [0.4, 0.5) is 5.69 Å². The fraction of sp³-hybridized carbons (Fsp3) is 0.238. The fourth-order valence-electron chi connectivity index (χ4n) is 3.11. The molecular weight excluding hydrogens is 328 g/mol. The van der Waals surface area contributed by atoms with E-state index in [2.05, 4.69) is 4.99 Å². The Hall–Kier alpha value is -3.08. The van der Waals surface area contributed by atoms with Crippen molar-refractivity contribution in [3.05, 3.63) is 58.8 Å². The Labute approximate surface area is 152 Å². The van der Waals surface area contributed by atoms with Gasteiger partial charge < -0.3 is 10.2 Å². The van der Waals surface area contributed by atoms with Crippen LogP contribution in [0.2, 0.25) is 0 Å². The summed E-state index contributed by atoms with van der Waals surface area (Å²) >= 11 is 0. The zero-order chi connectivity index (χ0) is 19.0. The maximum Gasteiger partial charge on any atom is 0.295 e. The predicted octanol–water partition coefficient (Wildman–Crippen LogP) is 4.34. The highest BCUT2D eigenvalue weighted by molar-refractivity contribution is 6.22. The van der Waals surface area contributed by atoms with E-state index >= 15 is 0 Å². The van der Waals surface area contributed by atoms with E-state index in [-0.39, 0.29) is 23.3 Å². The third-order valence-electron chi connectivity index (χ3n) is 4.48. The number of amidine groups is 1. The van der Waals surface area contributed by atoms with Crippen LogP contribution in [0.15, 0.2) is 47.1 Å². The van der Waals surface area contributed by atoms with Gasteiger partial charge in [-0.15, -0.1) is 0 Å². The van der Waals surface area contributed by atoms with Gasteiger partial charge in [0.15, 0.2) is 0 Å². The lowest BCUT2D eigenvalue weighted by molar-refractivity contribution is -0.113. The molecule has 0 unspecified atom stereocenters. The van der Waals surface area contributed by atoms with Crippen LogP contribution in [0.3, 0.4) is 0 Å². The summed E-state index contributed by atoms with van der Waals surface area (Å²) in [4.78, 5) is 18.3. The number of aliphatic imine (C=N–C) groups is 1. The molecule has 0 aliphatic carbocycles. The summed E-state index contributed by atoms with van der Waals surface area (Å²) in [6, 6.07) is 10.4. The highest BCUT2D eigenvalue weighted by Crippen LogP contribution is 2.37. The number of phenols is 2. The first-order valence-electron chi connectivity index (χ1n) is 8.52. The van der Waals surface area contributed by atoms with Crippen molar-refractivity contribution in [2.75, 3.05) is 4.90 Å². The number of aromatic hydroxyl groups is 2. The molecule has 2 aromatic rings. The van der Waals surface area contributed by atoms with Crippen LogP contribution in [0.25, 0.3) is 6.08 Å². The lowest BCUT2D eigenvalue weighted by atomic mass is 9.98. The third-order valence-corrected chi connectivity index (χ3v) is 4.48. The number of hydrogen-bond acceptors (Lipinski definition) is 4. The van der Waals surface area contributed by atoms with E-state index in [0.717, 1.165) is 16.8 Å². The molecular formula is C21H22N2O3. The summed E-state index contributed by atoms with van der Waals surface area (Å²) in [5, 5.41) is 20.3. The maximum absolute atomic E-state index is 12.5. The lowest BCUT2D eigenvalue weighted by Gasteiger charge is -2.24. The zero-order valence-electron chi connectivity index (χ0n) is 15.3. The van der Waals surface area contributed by atoms with E-state index in [1.165, 1.54) is 0 Å². The Morgan fingerprint density at radius 2 is 1.77 bits per heavy atom. The van der Waals surface area contributed by atoms with Crippen LogP contribution in [0.1, 0.15) is 43.4 Å². The van der Waals surface area contributed by atoms with E-state index in [9.17, 15) is 15.0 Å². The van der Waals surface area contributed by atoms with Crippen molar-refractivity contribution in [1.29, 1.82) is 0 Å². The molecule has 5 nitrogen and oxygen atoms in total. The van der Waals surface area contributed by atoms with Crippen molar-refractivity contribution >= 4 is 23.5 Å². The topological polar surface area (TPSA) is 73.1 Å². The highest BCUT2D eigenvalue weighted by atomic mass is 16.3. The summed E-state index contributed by atoms with van der Waals surface area (Å²) in [6.07, 6.45) is 1.64. The number of rotatable bonds is 3. The fourth-order valence-corrected chi connectivity index (χ4v) is 3.11. The number of benzene rings is 2. The minimum Gasteiger partial charge on any atom is -0.508 e. The summed E-state index contributed by atoms with van der Waals surface area (Å²) in [5.74, 6) is 0.676. The summed E-state index contributed by atoms with van der Waals surface area (Å²) in [6.45, 7) is 7.66. The van der Waals surface area contributed by atoms with Gasteiger partial charge in [0.25, 0.3) is 5.91 Å². The van der Waals surface area contributed by atoms with E-state index in [0.29, 0.717) is 17.1 Å². The van der Waals surface area contributed by atoms with E-state index in [1.807, 2.05) is 26.8 Å². The highest BCUT2D eigenvalue weighted by Gasteiger charge is 2.30. The van der Waals surface area contributed by atoms with E-state index in [4.69, 9.17) is 0 Å². The molecule has 5 heteroatoms. The number of nitrogens with zero attached hydrogens (tertiary/aromatic N) is 2. The van der Waals surface area contributed by atoms with Crippen molar-refractivity contribution in [2.24, 2.45) is 4.99 Å². The van der Waals surface area contributed by atoms with Gasteiger partial charge in [0.1, 0.15) is 23.0 Å². The molecule has 2 N–H and O–H groups in total.